The number of unbranched alkanes of at least 4 members (excludes halogenated alkanes) is 8. The average Bonchev–Trinajstić information content (AvgIpc) is 2.45. The molecule has 0 aliphatic carbocycles. The van der Waals surface area contributed by atoms with Gasteiger partial charge in [0.05, 0.1) is 6.10 Å². The number of rotatable bonds is 14. The lowest BCUT2D eigenvalue weighted by atomic mass is 10.1. The molecule has 0 saturated carbocycles. The third kappa shape index (κ3) is 15.2. The van der Waals surface area contributed by atoms with Crippen molar-refractivity contribution in [2.24, 2.45) is 0 Å². The number of carbonyl (C=O) groups excluding carboxylic acids is 1. The second kappa shape index (κ2) is 16.2. The summed E-state index contributed by atoms with van der Waals surface area (Å²) in [6.45, 7) is 2.21. The number of aliphatic hydroxyl groups excluding tert-OH is 1. The molecule has 0 heterocycles. The molecule has 0 radical (unpaired) electrons. The van der Waals surface area contributed by atoms with E-state index in [0.29, 0.717) is 6.42 Å². The van der Waals surface area contributed by atoms with Crippen LogP contribution >= 0.6 is 0 Å². The minimum Gasteiger partial charge on any atom is -0.389 e. The van der Waals surface area contributed by atoms with Crippen LogP contribution in [0.5, 0.6) is 0 Å². The number of hydrogen-bond donors (Lipinski definition) is 1. The normalized spacial score (nSPS) is 13.3. The van der Waals surface area contributed by atoms with Crippen LogP contribution in [0.4, 0.5) is 0 Å². The van der Waals surface area contributed by atoms with Crippen molar-refractivity contribution in [1.82, 2.24) is 0 Å². The number of aliphatic hydroxyl groups is 1. The SMILES string of the molecule is CCCCC/C=C/C=C/[C@@H](O)CCCCCCCC=O. The molecular formula is C18H32O2. The predicted octanol–water partition coefficient (Wildman–Crippen LogP) is 4.97. The third-order valence-electron chi connectivity index (χ3n) is 3.38. The second-order valence-electron chi connectivity index (χ2n) is 5.39. The summed E-state index contributed by atoms with van der Waals surface area (Å²) in [5.41, 5.74) is 0. The molecule has 0 amide bonds. The molecule has 0 spiro atoms. The summed E-state index contributed by atoms with van der Waals surface area (Å²) >= 11 is 0. The van der Waals surface area contributed by atoms with Crippen LogP contribution in [0, 0.1) is 0 Å². The molecule has 0 aromatic carbocycles. The lowest BCUT2D eigenvalue weighted by molar-refractivity contribution is -0.107. The summed E-state index contributed by atoms with van der Waals surface area (Å²) in [4.78, 5) is 10.1. The van der Waals surface area contributed by atoms with Crippen LogP contribution in [0.25, 0.3) is 0 Å². The van der Waals surface area contributed by atoms with E-state index in [9.17, 15) is 9.90 Å². The number of allylic oxidation sites excluding steroid dienone is 3. The van der Waals surface area contributed by atoms with Crippen LogP contribution in [0.2, 0.25) is 0 Å². The topological polar surface area (TPSA) is 37.3 Å². The van der Waals surface area contributed by atoms with Crippen molar-refractivity contribution in [1.29, 1.82) is 0 Å². The highest BCUT2D eigenvalue weighted by Crippen LogP contribution is 2.09. The third-order valence-corrected chi connectivity index (χ3v) is 3.38. The molecule has 1 N–H and O–H groups in total. The van der Waals surface area contributed by atoms with Gasteiger partial charge in [-0.2, -0.15) is 0 Å². The predicted molar refractivity (Wildman–Crippen MR) is 86.8 cm³/mol. The molecule has 0 saturated heterocycles. The van der Waals surface area contributed by atoms with E-state index in [4.69, 9.17) is 0 Å². The average molecular weight is 280 g/mol. The van der Waals surface area contributed by atoms with Gasteiger partial charge in [0.15, 0.2) is 0 Å². The number of aldehydes is 1. The minimum absolute atomic E-state index is 0.315. The first-order chi connectivity index (χ1) is 9.81. The highest BCUT2D eigenvalue weighted by Gasteiger charge is 1.98. The Labute approximate surface area is 125 Å². The van der Waals surface area contributed by atoms with Gasteiger partial charge in [-0.3, -0.25) is 0 Å². The highest BCUT2D eigenvalue weighted by molar-refractivity contribution is 5.48. The first-order valence-electron chi connectivity index (χ1n) is 8.26. The van der Waals surface area contributed by atoms with E-state index in [-0.39, 0.29) is 6.10 Å². The summed E-state index contributed by atoms with van der Waals surface area (Å²) in [6.07, 6.45) is 20.7. The molecule has 116 valence electrons. The Kier molecular flexibility index (Phi) is 15.4. The van der Waals surface area contributed by atoms with Crippen LogP contribution in [0.15, 0.2) is 24.3 Å². The van der Waals surface area contributed by atoms with Gasteiger partial charge in [0.25, 0.3) is 0 Å². The summed E-state index contributed by atoms with van der Waals surface area (Å²) in [6, 6.07) is 0. The van der Waals surface area contributed by atoms with Crippen LogP contribution < -0.4 is 0 Å². The molecule has 2 heteroatoms. The molecule has 0 aromatic rings. The molecule has 0 aliphatic heterocycles. The van der Waals surface area contributed by atoms with E-state index in [1.165, 1.54) is 25.7 Å². The zero-order valence-electron chi connectivity index (χ0n) is 13.1. The van der Waals surface area contributed by atoms with E-state index >= 15 is 0 Å². The molecule has 0 aliphatic rings. The fraction of sp³-hybridized carbons (Fsp3) is 0.722. The van der Waals surface area contributed by atoms with Crippen LogP contribution in [-0.2, 0) is 4.79 Å². The van der Waals surface area contributed by atoms with Crippen molar-refractivity contribution in [2.45, 2.75) is 83.7 Å². The fourth-order valence-electron chi connectivity index (χ4n) is 2.09. The van der Waals surface area contributed by atoms with Gasteiger partial charge < -0.3 is 9.90 Å². The Morgan fingerprint density at radius 1 is 0.900 bits per heavy atom. The van der Waals surface area contributed by atoms with Gasteiger partial charge in [-0.25, -0.2) is 0 Å². The fourth-order valence-corrected chi connectivity index (χ4v) is 2.09. The Morgan fingerprint density at radius 2 is 1.60 bits per heavy atom. The van der Waals surface area contributed by atoms with Crippen LogP contribution in [-0.4, -0.2) is 17.5 Å². The highest BCUT2D eigenvalue weighted by atomic mass is 16.3. The Balaban J connectivity index is 3.38. The van der Waals surface area contributed by atoms with E-state index in [0.717, 1.165) is 44.8 Å². The first kappa shape index (κ1) is 19.1. The Bertz CT molecular complexity index is 256. The molecule has 0 bridgehead atoms. The quantitative estimate of drug-likeness (QED) is 0.277. The van der Waals surface area contributed by atoms with E-state index in [2.05, 4.69) is 13.0 Å². The monoisotopic (exact) mass is 280 g/mol. The minimum atomic E-state index is -0.315. The van der Waals surface area contributed by atoms with Crippen molar-refractivity contribution >= 4 is 6.29 Å². The van der Waals surface area contributed by atoms with Gasteiger partial charge in [-0.1, -0.05) is 69.8 Å². The molecular weight excluding hydrogens is 248 g/mol. The van der Waals surface area contributed by atoms with Crippen LogP contribution in [0.1, 0.15) is 77.6 Å². The van der Waals surface area contributed by atoms with Gasteiger partial charge in [-0.15, -0.1) is 0 Å². The largest absolute Gasteiger partial charge is 0.389 e. The molecule has 1 atom stereocenters. The van der Waals surface area contributed by atoms with Crippen molar-refractivity contribution in [3.63, 3.8) is 0 Å². The van der Waals surface area contributed by atoms with Crippen LogP contribution in [0.3, 0.4) is 0 Å². The van der Waals surface area contributed by atoms with Gasteiger partial charge in [0.2, 0.25) is 0 Å². The molecule has 20 heavy (non-hydrogen) atoms. The smallest absolute Gasteiger partial charge is 0.119 e. The zero-order valence-corrected chi connectivity index (χ0v) is 13.1. The maximum atomic E-state index is 10.1. The van der Waals surface area contributed by atoms with Gasteiger partial charge in [0.1, 0.15) is 6.29 Å². The van der Waals surface area contributed by atoms with Gasteiger partial charge in [-0.05, 0) is 25.7 Å². The van der Waals surface area contributed by atoms with E-state index in [1.807, 2.05) is 18.2 Å². The van der Waals surface area contributed by atoms with Crippen molar-refractivity contribution in [2.75, 3.05) is 0 Å². The number of hydrogen-bond acceptors (Lipinski definition) is 2. The maximum Gasteiger partial charge on any atom is 0.119 e. The zero-order chi connectivity index (χ0) is 14.9. The van der Waals surface area contributed by atoms with Gasteiger partial charge in [0, 0.05) is 6.42 Å². The van der Waals surface area contributed by atoms with Crippen molar-refractivity contribution < 1.29 is 9.90 Å². The molecule has 0 aromatic heterocycles. The van der Waals surface area contributed by atoms with Crippen molar-refractivity contribution in [3.05, 3.63) is 24.3 Å². The van der Waals surface area contributed by atoms with E-state index in [1.54, 1.807) is 0 Å². The second-order valence-corrected chi connectivity index (χ2v) is 5.39. The van der Waals surface area contributed by atoms with Gasteiger partial charge >= 0.3 is 0 Å². The lowest BCUT2D eigenvalue weighted by Gasteiger charge is -2.04. The maximum absolute atomic E-state index is 10.1. The van der Waals surface area contributed by atoms with Crippen molar-refractivity contribution in [3.8, 4) is 0 Å². The van der Waals surface area contributed by atoms with E-state index < -0.39 is 0 Å². The number of carbonyl (C=O) groups is 1. The standard InChI is InChI=1S/C18H32O2/c1-2-3-4-5-6-9-12-15-18(20)16-13-10-7-8-11-14-17-19/h6,9,12,15,17-18,20H,2-5,7-8,10-11,13-14,16H2,1H3/b9-6+,15-12+/t18-/m1/s1. The first-order valence-corrected chi connectivity index (χ1v) is 8.26. The molecule has 0 rings (SSSR count). The summed E-state index contributed by atoms with van der Waals surface area (Å²) < 4.78 is 0. The summed E-state index contributed by atoms with van der Waals surface area (Å²) in [7, 11) is 0. The summed E-state index contributed by atoms with van der Waals surface area (Å²) in [5.74, 6) is 0. The molecule has 2 nitrogen and oxygen atoms in total. The summed E-state index contributed by atoms with van der Waals surface area (Å²) in [5, 5.41) is 9.76. The molecule has 0 fully saturated rings. The Hall–Kier alpha value is -0.890. The Morgan fingerprint density at radius 3 is 2.35 bits per heavy atom. The lowest BCUT2D eigenvalue weighted by Crippen LogP contribution is -2.01. The molecule has 0 unspecified atom stereocenters.